The van der Waals surface area contributed by atoms with E-state index in [1.54, 1.807) is 6.20 Å². The summed E-state index contributed by atoms with van der Waals surface area (Å²) in [6, 6.07) is 11.0. The van der Waals surface area contributed by atoms with E-state index in [1.807, 2.05) is 30.3 Å². The molecule has 0 aliphatic heterocycles. The van der Waals surface area contributed by atoms with Gasteiger partial charge in [-0.3, -0.25) is 9.78 Å². The smallest absolute Gasteiger partial charge is 0.250 e. The number of rotatable bonds is 4. The molecule has 27 heavy (non-hydrogen) atoms. The molecule has 0 amide bonds. The van der Waals surface area contributed by atoms with E-state index in [-0.39, 0.29) is 5.43 Å². The Balaban J connectivity index is 1.69. The van der Waals surface area contributed by atoms with Crippen LogP contribution in [0.15, 0.2) is 66.0 Å². The molecule has 0 radical (unpaired) electrons. The second kappa shape index (κ2) is 6.44. The molecular formula is C18H15N5O3S. The monoisotopic (exact) mass is 381 g/mol. The number of aromatic nitrogens is 5. The number of hydrogen-bond acceptors (Lipinski definition) is 6. The zero-order chi connectivity index (χ0) is 19.0. The molecule has 0 saturated carbocycles. The lowest BCUT2D eigenvalue weighted by Gasteiger charge is -2.06. The van der Waals surface area contributed by atoms with Crippen LogP contribution in [0, 0.1) is 0 Å². The predicted molar refractivity (Wildman–Crippen MR) is 100 cm³/mol. The standard InChI is InChI=1S/C18H15N5O3S/c1-27(25,26)23-12-15(11-20-23)22-8-6-18(24)17(21-22)10-13-4-5-16-14(9-13)3-2-7-19-16/h2-9,11-12H,10H2,1H3. The van der Waals surface area contributed by atoms with Crippen LogP contribution in [0.4, 0.5) is 0 Å². The molecule has 0 saturated heterocycles. The summed E-state index contributed by atoms with van der Waals surface area (Å²) in [6.45, 7) is 0. The molecule has 0 N–H and O–H groups in total. The molecule has 3 aromatic heterocycles. The molecule has 4 aromatic rings. The lowest BCUT2D eigenvalue weighted by atomic mass is 10.1. The molecule has 0 fully saturated rings. The largest absolute Gasteiger partial charge is 0.288 e. The van der Waals surface area contributed by atoms with Crippen LogP contribution in [0.3, 0.4) is 0 Å². The van der Waals surface area contributed by atoms with Crippen molar-refractivity contribution in [2.45, 2.75) is 6.42 Å². The molecule has 0 aliphatic carbocycles. The van der Waals surface area contributed by atoms with Gasteiger partial charge in [-0.05, 0) is 23.8 Å². The minimum Gasteiger partial charge on any atom is -0.288 e. The van der Waals surface area contributed by atoms with Crippen LogP contribution >= 0.6 is 0 Å². The van der Waals surface area contributed by atoms with E-state index in [0.29, 0.717) is 17.8 Å². The Bertz CT molecular complexity index is 1310. The average molecular weight is 381 g/mol. The second-order valence-corrected chi connectivity index (χ2v) is 7.95. The summed E-state index contributed by atoms with van der Waals surface area (Å²) in [4.78, 5) is 16.5. The maximum Gasteiger partial charge on any atom is 0.250 e. The van der Waals surface area contributed by atoms with Crippen LogP contribution in [-0.4, -0.2) is 38.6 Å². The Morgan fingerprint density at radius 2 is 2.00 bits per heavy atom. The topological polar surface area (TPSA) is 99.7 Å². The van der Waals surface area contributed by atoms with Gasteiger partial charge in [0.15, 0.2) is 0 Å². The summed E-state index contributed by atoms with van der Waals surface area (Å²) < 4.78 is 25.4. The SMILES string of the molecule is CS(=O)(=O)n1cc(-n2ccc(=O)c(Cc3ccc4ncccc4c3)n2)cn1. The van der Waals surface area contributed by atoms with Gasteiger partial charge >= 0.3 is 0 Å². The first kappa shape index (κ1) is 17.1. The fourth-order valence-corrected chi connectivity index (χ4v) is 3.26. The van der Waals surface area contributed by atoms with Crippen LogP contribution in [0.2, 0.25) is 0 Å². The molecule has 1 aromatic carbocycles. The van der Waals surface area contributed by atoms with Crippen LogP contribution in [0.1, 0.15) is 11.3 Å². The molecular weight excluding hydrogens is 366 g/mol. The second-order valence-electron chi connectivity index (χ2n) is 6.11. The molecule has 0 aliphatic rings. The Morgan fingerprint density at radius 3 is 2.78 bits per heavy atom. The highest BCUT2D eigenvalue weighted by Crippen LogP contribution is 2.15. The van der Waals surface area contributed by atoms with Crippen LogP contribution < -0.4 is 5.43 Å². The maximum atomic E-state index is 12.2. The van der Waals surface area contributed by atoms with Gasteiger partial charge in [-0.15, -0.1) is 0 Å². The van der Waals surface area contributed by atoms with E-state index >= 15 is 0 Å². The van der Waals surface area contributed by atoms with Gasteiger partial charge in [0.25, 0.3) is 10.0 Å². The normalized spacial score (nSPS) is 11.7. The quantitative estimate of drug-likeness (QED) is 0.529. The number of pyridine rings is 1. The minimum atomic E-state index is -3.48. The lowest BCUT2D eigenvalue weighted by Crippen LogP contribution is -2.16. The van der Waals surface area contributed by atoms with Gasteiger partial charge in [0, 0.05) is 30.3 Å². The highest BCUT2D eigenvalue weighted by molar-refractivity contribution is 7.89. The molecule has 136 valence electrons. The van der Waals surface area contributed by atoms with Gasteiger partial charge in [0.05, 0.1) is 24.2 Å². The van der Waals surface area contributed by atoms with Gasteiger partial charge in [0.2, 0.25) is 5.43 Å². The van der Waals surface area contributed by atoms with E-state index in [1.165, 1.54) is 29.3 Å². The van der Waals surface area contributed by atoms with Crippen molar-refractivity contribution in [1.29, 1.82) is 0 Å². The van der Waals surface area contributed by atoms with Crippen molar-refractivity contribution < 1.29 is 8.42 Å². The van der Waals surface area contributed by atoms with Crippen molar-refractivity contribution in [1.82, 2.24) is 24.0 Å². The first-order valence-corrected chi connectivity index (χ1v) is 9.93. The number of nitrogens with zero attached hydrogens (tertiary/aromatic N) is 5. The summed E-state index contributed by atoms with van der Waals surface area (Å²) >= 11 is 0. The lowest BCUT2D eigenvalue weighted by molar-refractivity contribution is 0.586. The predicted octanol–water partition coefficient (Wildman–Crippen LogP) is 1.38. The molecule has 0 unspecified atom stereocenters. The Hall–Kier alpha value is -3.33. The summed E-state index contributed by atoms with van der Waals surface area (Å²) in [6.07, 6.45) is 7.35. The first-order chi connectivity index (χ1) is 12.9. The van der Waals surface area contributed by atoms with Crippen LogP contribution in [0.5, 0.6) is 0 Å². The van der Waals surface area contributed by atoms with Crippen LogP contribution in [-0.2, 0) is 16.4 Å². The molecule has 0 bridgehead atoms. The third kappa shape index (κ3) is 3.49. The van der Waals surface area contributed by atoms with Crippen LogP contribution in [0.25, 0.3) is 16.6 Å². The summed E-state index contributed by atoms with van der Waals surface area (Å²) in [5.74, 6) is 0. The maximum absolute atomic E-state index is 12.2. The third-order valence-electron chi connectivity index (χ3n) is 4.07. The van der Waals surface area contributed by atoms with E-state index in [2.05, 4.69) is 15.2 Å². The van der Waals surface area contributed by atoms with Crippen molar-refractivity contribution in [2.24, 2.45) is 0 Å². The Morgan fingerprint density at radius 1 is 1.15 bits per heavy atom. The first-order valence-electron chi connectivity index (χ1n) is 8.08. The van der Waals surface area contributed by atoms with Crippen molar-refractivity contribution >= 4 is 20.9 Å². The average Bonchev–Trinajstić information content (AvgIpc) is 3.14. The van der Waals surface area contributed by atoms with Crippen molar-refractivity contribution in [2.75, 3.05) is 6.26 Å². The van der Waals surface area contributed by atoms with E-state index in [4.69, 9.17) is 0 Å². The third-order valence-corrected chi connectivity index (χ3v) is 4.95. The Kier molecular flexibility index (Phi) is 4.08. The molecule has 4 rings (SSSR count). The molecule has 9 heteroatoms. The fraction of sp³-hybridized carbons (Fsp3) is 0.111. The Labute approximate surface area is 154 Å². The zero-order valence-electron chi connectivity index (χ0n) is 14.3. The van der Waals surface area contributed by atoms with Crippen molar-refractivity contribution in [3.63, 3.8) is 0 Å². The molecule has 0 spiro atoms. The number of benzene rings is 1. The van der Waals surface area contributed by atoms with Gasteiger partial charge in [-0.1, -0.05) is 12.1 Å². The van der Waals surface area contributed by atoms with Gasteiger partial charge in [-0.2, -0.15) is 14.3 Å². The number of hydrogen-bond donors (Lipinski definition) is 0. The highest BCUT2D eigenvalue weighted by atomic mass is 32.2. The fourth-order valence-electron chi connectivity index (χ4n) is 2.74. The zero-order valence-corrected chi connectivity index (χ0v) is 15.2. The van der Waals surface area contributed by atoms with Crippen molar-refractivity contribution in [3.05, 3.63) is 82.7 Å². The van der Waals surface area contributed by atoms with Gasteiger partial charge in [0.1, 0.15) is 11.4 Å². The van der Waals surface area contributed by atoms with E-state index in [9.17, 15) is 13.2 Å². The highest BCUT2D eigenvalue weighted by Gasteiger charge is 2.11. The van der Waals surface area contributed by atoms with E-state index in [0.717, 1.165) is 26.8 Å². The van der Waals surface area contributed by atoms with Gasteiger partial charge < -0.3 is 0 Å². The molecule has 8 nitrogen and oxygen atoms in total. The summed E-state index contributed by atoms with van der Waals surface area (Å²) in [5.41, 5.74) is 2.43. The molecule has 3 heterocycles. The van der Waals surface area contributed by atoms with E-state index < -0.39 is 10.0 Å². The molecule has 0 atom stereocenters. The van der Waals surface area contributed by atoms with Crippen molar-refractivity contribution in [3.8, 4) is 5.69 Å². The summed E-state index contributed by atoms with van der Waals surface area (Å²) in [5, 5.41) is 9.16. The summed E-state index contributed by atoms with van der Waals surface area (Å²) in [7, 11) is -3.48. The minimum absolute atomic E-state index is 0.187. The van der Waals surface area contributed by atoms with Gasteiger partial charge in [-0.25, -0.2) is 13.1 Å². The number of fused-ring (bicyclic) bond motifs is 1.